The van der Waals surface area contributed by atoms with Crippen molar-refractivity contribution in [2.45, 2.75) is 13.0 Å². The van der Waals surface area contributed by atoms with Crippen LogP contribution in [-0.4, -0.2) is 21.6 Å². The number of benzene rings is 1. The zero-order chi connectivity index (χ0) is 12.1. The van der Waals surface area contributed by atoms with Gasteiger partial charge in [0.25, 0.3) is 0 Å². The summed E-state index contributed by atoms with van der Waals surface area (Å²) in [4.78, 5) is 7.00. The molecule has 1 aromatic heterocycles. The molecule has 0 saturated carbocycles. The number of rotatable bonds is 5. The van der Waals surface area contributed by atoms with E-state index in [1.807, 2.05) is 24.4 Å². The van der Waals surface area contributed by atoms with Gasteiger partial charge in [0.1, 0.15) is 5.75 Å². The molecule has 1 heterocycles. The van der Waals surface area contributed by atoms with Crippen LogP contribution in [-0.2, 0) is 13.0 Å². The predicted octanol–water partition coefficient (Wildman–Crippen LogP) is 2.21. The molecule has 0 radical (unpaired) electrons. The van der Waals surface area contributed by atoms with E-state index < -0.39 is 0 Å². The minimum atomic E-state index is 0.307. The first kappa shape index (κ1) is 12.1. The number of para-hydroxylation sites is 1. The van der Waals surface area contributed by atoms with Crippen molar-refractivity contribution in [3.8, 4) is 5.75 Å². The summed E-state index contributed by atoms with van der Waals surface area (Å²) in [6.45, 7) is 1.49. The lowest BCUT2D eigenvalue weighted by Gasteiger charge is -2.07. The van der Waals surface area contributed by atoms with Crippen molar-refractivity contribution in [1.82, 2.24) is 15.3 Å². The molecule has 90 valence electrons. The van der Waals surface area contributed by atoms with Crippen LogP contribution in [0.5, 0.6) is 5.75 Å². The highest BCUT2D eigenvalue weighted by atomic mass is 79.9. The van der Waals surface area contributed by atoms with Crippen molar-refractivity contribution in [1.29, 1.82) is 0 Å². The van der Waals surface area contributed by atoms with Crippen LogP contribution in [0.2, 0.25) is 0 Å². The molecule has 0 amide bonds. The lowest BCUT2D eigenvalue weighted by Crippen LogP contribution is -2.16. The quantitative estimate of drug-likeness (QED) is 0.741. The second-order valence-electron chi connectivity index (χ2n) is 3.75. The molecule has 0 atom stereocenters. The molecule has 0 fully saturated rings. The Morgan fingerprint density at radius 1 is 1.41 bits per heavy atom. The molecule has 4 nitrogen and oxygen atoms in total. The Morgan fingerprint density at radius 3 is 3.06 bits per heavy atom. The van der Waals surface area contributed by atoms with E-state index in [1.54, 1.807) is 6.33 Å². The molecule has 0 aliphatic heterocycles. The number of aromatic hydroxyl groups is 1. The number of hydrogen-bond donors (Lipinski definition) is 3. The van der Waals surface area contributed by atoms with E-state index >= 15 is 0 Å². The molecule has 3 N–H and O–H groups in total. The molecule has 17 heavy (non-hydrogen) atoms. The van der Waals surface area contributed by atoms with Gasteiger partial charge in [-0.2, -0.15) is 0 Å². The zero-order valence-corrected chi connectivity index (χ0v) is 10.9. The molecule has 0 unspecified atom stereocenters. The average molecular weight is 296 g/mol. The Morgan fingerprint density at radius 2 is 2.29 bits per heavy atom. The van der Waals surface area contributed by atoms with E-state index in [-0.39, 0.29) is 0 Å². The van der Waals surface area contributed by atoms with Crippen LogP contribution in [0, 0.1) is 0 Å². The summed E-state index contributed by atoms with van der Waals surface area (Å²) in [7, 11) is 0. The van der Waals surface area contributed by atoms with Crippen LogP contribution >= 0.6 is 15.9 Å². The van der Waals surface area contributed by atoms with Crippen molar-refractivity contribution in [3.05, 3.63) is 46.5 Å². The molecule has 0 saturated heterocycles. The number of nitrogens with one attached hydrogen (secondary N) is 2. The summed E-state index contributed by atoms with van der Waals surface area (Å²) in [5.41, 5.74) is 2.00. The Kier molecular flexibility index (Phi) is 4.17. The van der Waals surface area contributed by atoms with Gasteiger partial charge in [0.2, 0.25) is 0 Å². The summed E-state index contributed by atoms with van der Waals surface area (Å²) in [5, 5.41) is 13.1. The normalized spacial score (nSPS) is 10.6. The third kappa shape index (κ3) is 3.31. The predicted molar refractivity (Wildman–Crippen MR) is 69.8 cm³/mol. The third-order valence-electron chi connectivity index (χ3n) is 2.51. The summed E-state index contributed by atoms with van der Waals surface area (Å²) >= 11 is 3.30. The standard InChI is InChI=1S/C12H14BrN3O/c13-11-3-1-2-9(12(11)17)6-14-5-4-10-7-15-8-16-10/h1-3,7-8,14,17H,4-6H2,(H,15,16). The summed E-state index contributed by atoms with van der Waals surface area (Å²) < 4.78 is 0.727. The second-order valence-corrected chi connectivity index (χ2v) is 4.61. The van der Waals surface area contributed by atoms with E-state index in [4.69, 9.17) is 0 Å². The van der Waals surface area contributed by atoms with Gasteiger partial charge in [-0.15, -0.1) is 0 Å². The smallest absolute Gasteiger partial charge is 0.134 e. The summed E-state index contributed by atoms with van der Waals surface area (Å²) in [6, 6.07) is 5.64. The lowest BCUT2D eigenvalue weighted by molar-refractivity contribution is 0.461. The number of nitrogens with zero attached hydrogens (tertiary/aromatic N) is 1. The van der Waals surface area contributed by atoms with Gasteiger partial charge in [0.05, 0.1) is 10.8 Å². The van der Waals surface area contributed by atoms with Crippen molar-refractivity contribution in [3.63, 3.8) is 0 Å². The van der Waals surface area contributed by atoms with Crippen LogP contribution in [0.1, 0.15) is 11.3 Å². The van der Waals surface area contributed by atoms with Crippen LogP contribution in [0.25, 0.3) is 0 Å². The maximum absolute atomic E-state index is 9.78. The molecule has 2 rings (SSSR count). The Hall–Kier alpha value is -1.33. The number of aromatic nitrogens is 2. The molecule has 2 aromatic rings. The van der Waals surface area contributed by atoms with E-state index in [9.17, 15) is 5.11 Å². The fourth-order valence-corrected chi connectivity index (χ4v) is 1.98. The van der Waals surface area contributed by atoms with Gasteiger partial charge >= 0.3 is 0 Å². The maximum Gasteiger partial charge on any atom is 0.134 e. The number of H-pyrrole nitrogens is 1. The fraction of sp³-hybridized carbons (Fsp3) is 0.250. The monoisotopic (exact) mass is 295 g/mol. The van der Waals surface area contributed by atoms with Crippen LogP contribution in [0.4, 0.5) is 0 Å². The molecule has 0 aliphatic carbocycles. The Labute approximate surface area is 108 Å². The first-order valence-electron chi connectivity index (χ1n) is 5.41. The van der Waals surface area contributed by atoms with Crippen molar-refractivity contribution in [2.24, 2.45) is 0 Å². The number of halogens is 1. The van der Waals surface area contributed by atoms with Gasteiger partial charge in [0.15, 0.2) is 0 Å². The minimum absolute atomic E-state index is 0.307. The molecule has 0 aliphatic rings. The highest BCUT2D eigenvalue weighted by Gasteiger charge is 2.03. The molecular weight excluding hydrogens is 282 g/mol. The van der Waals surface area contributed by atoms with Gasteiger partial charge in [-0.1, -0.05) is 12.1 Å². The van der Waals surface area contributed by atoms with E-state index in [2.05, 4.69) is 31.2 Å². The van der Waals surface area contributed by atoms with Gasteiger partial charge in [0, 0.05) is 37.0 Å². The first-order valence-corrected chi connectivity index (χ1v) is 6.21. The van der Waals surface area contributed by atoms with Gasteiger partial charge < -0.3 is 15.4 Å². The second kappa shape index (κ2) is 5.84. The lowest BCUT2D eigenvalue weighted by atomic mass is 10.2. The number of phenolic OH excluding ortho intramolecular Hbond substituents is 1. The largest absolute Gasteiger partial charge is 0.506 e. The number of aromatic amines is 1. The molecule has 5 heteroatoms. The highest BCUT2D eigenvalue weighted by molar-refractivity contribution is 9.10. The number of imidazole rings is 1. The first-order chi connectivity index (χ1) is 8.27. The molecule has 1 aromatic carbocycles. The number of phenols is 1. The van der Waals surface area contributed by atoms with Gasteiger partial charge in [-0.25, -0.2) is 4.98 Å². The van der Waals surface area contributed by atoms with Crippen molar-refractivity contribution in [2.75, 3.05) is 6.54 Å². The summed E-state index contributed by atoms with van der Waals surface area (Å²) in [6.07, 6.45) is 4.39. The van der Waals surface area contributed by atoms with Crippen molar-refractivity contribution < 1.29 is 5.11 Å². The van der Waals surface area contributed by atoms with Crippen LogP contribution in [0.15, 0.2) is 35.2 Å². The molecular formula is C12H14BrN3O. The van der Waals surface area contributed by atoms with E-state index in [0.717, 1.165) is 28.7 Å². The van der Waals surface area contributed by atoms with Crippen LogP contribution < -0.4 is 5.32 Å². The molecule has 0 spiro atoms. The van der Waals surface area contributed by atoms with E-state index in [1.165, 1.54) is 0 Å². The van der Waals surface area contributed by atoms with E-state index in [0.29, 0.717) is 12.3 Å². The maximum atomic E-state index is 9.78. The Bertz CT molecular complexity index is 471. The SMILES string of the molecule is Oc1c(Br)cccc1CNCCc1cnc[nH]1. The fourth-order valence-electron chi connectivity index (χ4n) is 1.57. The van der Waals surface area contributed by atoms with Gasteiger partial charge in [-0.05, 0) is 22.0 Å². The highest BCUT2D eigenvalue weighted by Crippen LogP contribution is 2.27. The topological polar surface area (TPSA) is 60.9 Å². The minimum Gasteiger partial charge on any atom is -0.506 e. The number of hydrogen-bond acceptors (Lipinski definition) is 3. The third-order valence-corrected chi connectivity index (χ3v) is 3.15. The summed E-state index contributed by atoms with van der Waals surface area (Å²) in [5.74, 6) is 0.307. The zero-order valence-electron chi connectivity index (χ0n) is 9.28. The van der Waals surface area contributed by atoms with Crippen LogP contribution in [0.3, 0.4) is 0 Å². The van der Waals surface area contributed by atoms with Gasteiger partial charge in [-0.3, -0.25) is 0 Å². The van der Waals surface area contributed by atoms with Crippen molar-refractivity contribution >= 4 is 15.9 Å². The Balaban J connectivity index is 1.80. The average Bonchev–Trinajstić information content (AvgIpc) is 2.83. The molecule has 0 bridgehead atoms.